The van der Waals surface area contributed by atoms with E-state index >= 15 is 0 Å². The average Bonchev–Trinajstić information content (AvgIpc) is 3.02. The van der Waals surface area contributed by atoms with Gasteiger partial charge in [0.2, 0.25) is 0 Å². The first-order chi connectivity index (χ1) is 9.65. The number of urea groups is 1. The third-order valence-electron chi connectivity index (χ3n) is 3.23. The van der Waals surface area contributed by atoms with E-state index in [0.29, 0.717) is 24.5 Å². The third kappa shape index (κ3) is 2.09. The van der Waals surface area contributed by atoms with Crippen molar-refractivity contribution in [2.45, 2.75) is 13.1 Å². The summed E-state index contributed by atoms with van der Waals surface area (Å²) in [4.78, 5) is 24.7. The number of amides is 3. The van der Waals surface area contributed by atoms with Crippen molar-refractivity contribution < 1.29 is 9.59 Å². The zero-order valence-electron chi connectivity index (χ0n) is 10.6. The maximum atomic E-state index is 12.1. The smallest absolute Gasteiger partial charge is 0.315 e. The molecule has 2 heterocycles. The number of nitrogens with one attached hydrogen (secondary N) is 2. The number of nitrogens with zero attached hydrogens (tertiary/aromatic N) is 2. The van der Waals surface area contributed by atoms with E-state index in [-0.39, 0.29) is 5.91 Å². The third-order valence-corrected chi connectivity index (χ3v) is 3.23. The number of hydrogen-bond acceptors (Lipinski definition) is 3. The molecule has 3 rings (SSSR count). The summed E-state index contributed by atoms with van der Waals surface area (Å²) in [5.41, 5.74) is 7.32. The first-order valence-corrected chi connectivity index (χ1v) is 6.12. The molecule has 7 heteroatoms. The Morgan fingerprint density at radius 2 is 2.00 bits per heavy atom. The molecule has 0 aliphatic carbocycles. The Balaban J connectivity index is 1.78. The van der Waals surface area contributed by atoms with Crippen molar-refractivity contribution in [2.75, 3.05) is 5.32 Å². The number of carbonyl (C=O) groups excluding carboxylic acids is 2. The van der Waals surface area contributed by atoms with Crippen LogP contribution in [0.2, 0.25) is 0 Å². The first-order valence-electron chi connectivity index (χ1n) is 6.12. The molecule has 0 saturated heterocycles. The fourth-order valence-electron chi connectivity index (χ4n) is 2.17. The number of primary amides is 1. The zero-order chi connectivity index (χ0) is 14.1. The van der Waals surface area contributed by atoms with Gasteiger partial charge in [-0.3, -0.25) is 9.89 Å². The number of rotatable bonds is 2. The van der Waals surface area contributed by atoms with Gasteiger partial charge in [0.05, 0.1) is 18.8 Å². The highest BCUT2D eigenvalue weighted by molar-refractivity contribution is 6.04. The number of anilines is 1. The van der Waals surface area contributed by atoms with Crippen molar-refractivity contribution in [1.29, 1.82) is 0 Å². The maximum absolute atomic E-state index is 12.1. The van der Waals surface area contributed by atoms with E-state index in [1.807, 2.05) is 6.07 Å². The Bertz CT molecular complexity index is 665. The van der Waals surface area contributed by atoms with Gasteiger partial charge in [-0.05, 0) is 12.1 Å². The number of aromatic amines is 1. The molecule has 3 amide bonds. The number of fused-ring (bicyclic) bond motifs is 1. The number of nitrogens with two attached hydrogens (primary N) is 1. The van der Waals surface area contributed by atoms with Crippen LogP contribution in [0.1, 0.15) is 21.6 Å². The van der Waals surface area contributed by atoms with Crippen LogP contribution in [0.25, 0.3) is 0 Å². The standard InChI is InChI=1S/C13H13N5O2/c14-13(20)18-6-9-10(7-18)16-17-11(9)15-12(19)8-4-2-1-3-5-8/h1-5H,6-7H2,(H2,14,20)(H2,15,16,17,19). The summed E-state index contributed by atoms with van der Waals surface area (Å²) in [5.74, 6) is 0.284. The molecule has 4 N–H and O–H groups in total. The predicted octanol–water partition coefficient (Wildman–Crippen LogP) is 1.06. The van der Waals surface area contributed by atoms with E-state index in [4.69, 9.17) is 5.73 Å². The highest BCUT2D eigenvalue weighted by Crippen LogP contribution is 2.26. The summed E-state index contributed by atoms with van der Waals surface area (Å²) in [6.45, 7) is 0.716. The zero-order valence-corrected chi connectivity index (χ0v) is 10.6. The Kier molecular flexibility index (Phi) is 2.86. The van der Waals surface area contributed by atoms with Gasteiger partial charge in [-0.1, -0.05) is 18.2 Å². The molecule has 1 aromatic heterocycles. The van der Waals surface area contributed by atoms with E-state index in [9.17, 15) is 9.59 Å². The highest BCUT2D eigenvalue weighted by Gasteiger charge is 2.27. The molecule has 7 nitrogen and oxygen atoms in total. The van der Waals surface area contributed by atoms with Gasteiger partial charge >= 0.3 is 6.03 Å². The van der Waals surface area contributed by atoms with Crippen LogP contribution in [-0.2, 0) is 13.1 Å². The maximum Gasteiger partial charge on any atom is 0.315 e. The average molecular weight is 271 g/mol. The molecule has 0 fully saturated rings. The lowest BCUT2D eigenvalue weighted by Gasteiger charge is -2.11. The quantitative estimate of drug-likeness (QED) is 0.760. The molecule has 1 aliphatic rings. The van der Waals surface area contributed by atoms with Gasteiger partial charge in [0.1, 0.15) is 5.82 Å². The van der Waals surface area contributed by atoms with E-state index in [1.165, 1.54) is 4.90 Å². The van der Waals surface area contributed by atoms with Crippen molar-refractivity contribution in [1.82, 2.24) is 15.1 Å². The Labute approximate surface area is 114 Å². The monoisotopic (exact) mass is 271 g/mol. The highest BCUT2D eigenvalue weighted by atomic mass is 16.2. The molecule has 0 atom stereocenters. The van der Waals surface area contributed by atoms with Crippen LogP contribution in [0.3, 0.4) is 0 Å². The second kappa shape index (κ2) is 4.69. The van der Waals surface area contributed by atoms with E-state index in [2.05, 4.69) is 15.5 Å². The predicted molar refractivity (Wildman–Crippen MR) is 71.8 cm³/mol. The summed E-state index contributed by atoms with van der Waals surface area (Å²) in [6.07, 6.45) is 0. The molecular formula is C13H13N5O2. The fraction of sp³-hybridized carbons (Fsp3) is 0.154. The summed E-state index contributed by atoms with van der Waals surface area (Å²) in [5, 5.41) is 9.62. The van der Waals surface area contributed by atoms with Crippen molar-refractivity contribution in [3.63, 3.8) is 0 Å². The van der Waals surface area contributed by atoms with Crippen LogP contribution in [0.15, 0.2) is 30.3 Å². The van der Waals surface area contributed by atoms with Gasteiger partial charge in [-0.15, -0.1) is 0 Å². The molecule has 2 aromatic rings. The van der Waals surface area contributed by atoms with Gasteiger partial charge in [0, 0.05) is 11.1 Å². The van der Waals surface area contributed by atoms with E-state index in [1.54, 1.807) is 24.3 Å². The molecule has 0 saturated carbocycles. The number of aromatic nitrogens is 2. The van der Waals surface area contributed by atoms with Crippen molar-refractivity contribution in [3.05, 3.63) is 47.2 Å². The second-order valence-corrected chi connectivity index (χ2v) is 4.54. The van der Waals surface area contributed by atoms with Crippen LogP contribution in [0.5, 0.6) is 0 Å². The van der Waals surface area contributed by atoms with Crippen LogP contribution < -0.4 is 11.1 Å². The minimum absolute atomic E-state index is 0.227. The SMILES string of the molecule is NC(=O)N1Cc2n[nH]c(NC(=O)c3ccccc3)c2C1. The van der Waals surface area contributed by atoms with Crippen molar-refractivity contribution in [3.8, 4) is 0 Å². The van der Waals surface area contributed by atoms with Gasteiger partial charge in [-0.25, -0.2) is 4.79 Å². The number of H-pyrrole nitrogens is 1. The lowest BCUT2D eigenvalue weighted by Crippen LogP contribution is -2.31. The Morgan fingerprint density at radius 3 is 2.70 bits per heavy atom. The first kappa shape index (κ1) is 12.2. The largest absolute Gasteiger partial charge is 0.351 e. The minimum Gasteiger partial charge on any atom is -0.351 e. The minimum atomic E-state index is -0.497. The second-order valence-electron chi connectivity index (χ2n) is 4.54. The summed E-state index contributed by atoms with van der Waals surface area (Å²) in [6, 6.07) is 8.38. The number of carbonyl (C=O) groups is 2. The number of hydrogen-bond donors (Lipinski definition) is 3. The van der Waals surface area contributed by atoms with Crippen molar-refractivity contribution in [2.24, 2.45) is 5.73 Å². The molecule has 1 aromatic carbocycles. The summed E-state index contributed by atoms with van der Waals surface area (Å²) in [7, 11) is 0. The van der Waals surface area contributed by atoms with E-state index < -0.39 is 6.03 Å². The molecular weight excluding hydrogens is 258 g/mol. The molecule has 20 heavy (non-hydrogen) atoms. The number of benzene rings is 1. The Hall–Kier alpha value is -2.83. The topological polar surface area (TPSA) is 104 Å². The van der Waals surface area contributed by atoms with Gasteiger partial charge in [-0.2, -0.15) is 5.10 Å². The van der Waals surface area contributed by atoms with Crippen LogP contribution in [-0.4, -0.2) is 27.0 Å². The molecule has 0 radical (unpaired) electrons. The van der Waals surface area contributed by atoms with Crippen LogP contribution in [0.4, 0.5) is 10.6 Å². The molecule has 0 spiro atoms. The fourth-order valence-corrected chi connectivity index (χ4v) is 2.17. The molecule has 102 valence electrons. The summed E-state index contributed by atoms with van der Waals surface area (Å²) >= 11 is 0. The lowest BCUT2D eigenvalue weighted by molar-refractivity contribution is 0.102. The van der Waals surface area contributed by atoms with Crippen LogP contribution >= 0.6 is 0 Å². The van der Waals surface area contributed by atoms with Gasteiger partial charge < -0.3 is 16.0 Å². The van der Waals surface area contributed by atoms with Gasteiger partial charge in [0.25, 0.3) is 5.91 Å². The molecule has 1 aliphatic heterocycles. The van der Waals surface area contributed by atoms with Gasteiger partial charge in [0.15, 0.2) is 0 Å². The Morgan fingerprint density at radius 1 is 1.25 bits per heavy atom. The van der Waals surface area contributed by atoms with Crippen molar-refractivity contribution >= 4 is 17.8 Å². The summed E-state index contributed by atoms with van der Waals surface area (Å²) < 4.78 is 0. The van der Waals surface area contributed by atoms with E-state index in [0.717, 1.165) is 11.3 Å². The molecule has 0 bridgehead atoms. The molecule has 0 unspecified atom stereocenters. The lowest BCUT2D eigenvalue weighted by atomic mass is 10.2. The van der Waals surface area contributed by atoms with Crippen LogP contribution in [0, 0.1) is 0 Å². The normalized spacial score (nSPS) is 13.1.